The molecule has 6 nitrogen and oxygen atoms in total. The Labute approximate surface area is 93.8 Å². The van der Waals surface area contributed by atoms with Crippen molar-refractivity contribution in [3.63, 3.8) is 0 Å². The molecule has 0 aliphatic rings. The molecule has 16 heavy (non-hydrogen) atoms. The van der Waals surface area contributed by atoms with Crippen LogP contribution in [0.5, 0.6) is 11.9 Å². The van der Waals surface area contributed by atoms with Crippen molar-refractivity contribution in [2.75, 3.05) is 19.5 Å². The first-order valence-corrected chi connectivity index (χ1v) is 4.92. The molecule has 0 saturated heterocycles. The van der Waals surface area contributed by atoms with Gasteiger partial charge in [0.15, 0.2) is 0 Å². The molecule has 0 radical (unpaired) electrons. The third-order valence-corrected chi connectivity index (χ3v) is 1.81. The summed E-state index contributed by atoms with van der Waals surface area (Å²) in [5, 5.41) is 0. The highest BCUT2D eigenvalue weighted by molar-refractivity contribution is 5.75. The zero-order valence-corrected chi connectivity index (χ0v) is 9.40. The van der Waals surface area contributed by atoms with Crippen molar-refractivity contribution in [3.8, 4) is 11.9 Å². The molecule has 0 fully saturated rings. The number of rotatable bonds is 6. The van der Waals surface area contributed by atoms with E-state index in [1.54, 1.807) is 6.92 Å². The molecule has 0 amide bonds. The second kappa shape index (κ2) is 5.89. The van der Waals surface area contributed by atoms with E-state index in [2.05, 4.69) is 9.97 Å². The summed E-state index contributed by atoms with van der Waals surface area (Å²) in [6.45, 7) is 1.96. The van der Waals surface area contributed by atoms with Gasteiger partial charge in [0.25, 0.3) is 0 Å². The molecule has 0 aliphatic heterocycles. The molecule has 1 rings (SSSR count). The van der Waals surface area contributed by atoms with Gasteiger partial charge in [-0.25, -0.2) is 0 Å². The van der Waals surface area contributed by atoms with Crippen LogP contribution in [0.3, 0.4) is 0 Å². The first kappa shape index (κ1) is 12.2. The highest BCUT2D eigenvalue weighted by atomic mass is 16.5. The summed E-state index contributed by atoms with van der Waals surface area (Å²) in [4.78, 5) is 18.5. The van der Waals surface area contributed by atoms with E-state index in [1.165, 1.54) is 13.2 Å². The van der Waals surface area contributed by atoms with Gasteiger partial charge in [-0.15, -0.1) is 0 Å². The second-order valence-corrected chi connectivity index (χ2v) is 3.27. The summed E-state index contributed by atoms with van der Waals surface area (Å²) < 4.78 is 10.2. The van der Waals surface area contributed by atoms with Crippen LogP contribution in [0.25, 0.3) is 0 Å². The van der Waals surface area contributed by atoms with Crippen LogP contribution in [0.2, 0.25) is 0 Å². The number of Topliss-reactive ketones (excluding diaryl/α,β-unsaturated/α-hetero) is 1. The van der Waals surface area contributed by atoms with Crippen molar-refractivity contribution in [2.24, 2.45) is 0 Å². The van der Waals surface area contributed by atoms with Gasteiger partial charge in [0.2, 0.25) is 5.88 Å². The summed E-state index contributed by atoms with van der Waals surface area (Å²) >= 11 is 0. The smallest absolute Gasteiger partial charge is 0.321 e. The fourth-order valence-corrected chi connectivity index (χ4v) is 1.08. The molecule has 2 N–H and O–H groups in total. The van der Waals surface area contributed by atoms with Crippen LogP contribution < -0.4 is 15.2 Å². The van der Waals surface area contributed by atoms with E-state index in [4.69, 9.17) is 15.2 Å². The SMILES string of the molecule is COc1nc(N)cc(OCCCC(C)=O)n1. The fraction of sp³-hybridized carbons (Fsp3) is 0.500. The number of methoxy groups -OCH3 is 1. The minimum absolute atomic E-state index is 0.142. The lowest BCUT2D eigenvalue weighted by molar-refractivity contribution is -0.117. The van der Waals surface area contributed by atoms with Gasteiger partial charge >= 0.3 is 6.01 Å². The van der Waals surface area contributed by atoms with E-state index in [1.807, 2.05) is 0 Å². The van der Waals surface area contributed by atoms with Crippen LogP contribution in [-0.2, 0) is 4.79 Å². The predicted molar refractivity (Wildman–Crippen MR) is 58.4 cm³/mol. The van der Waals surface area contributed by atoms with Gasteiger partial charge in [0.05, 0.1) is 13.7 Å². The van der Waals surface area contributed by atoms with Crippen molar-refractivity contribution >= 4 is 11.6 Å². The normalized spacial score (nSPS) is 9.88. The second-order valence-electron chi connectivity index (χ2n) is 3.27. The Hall–Kier alpha value is -1.85. The van der Waals surface area contributed by atoms with Gasteiger partial charge in [-0.05, 0) is 13.3 Å². The quantitative estimate of drug-likeness (QED) is 0.721. The number of nitrogens with zero attached hydrogens (tertiary/aromatic N) is 2. The van der Waals surface area contributed by atoms with Gasteiger partial charge in [-0.1, -0.05) is 0 Å². The van der Waals surface area contributed by atoms with E-state index in [0.717, 1.165) is 0 Å². The largest absolute Gasteiger partial charge is 0.477 e. The maximum Gasteiger partial charge on any atom is 0.321 e. The number of carbonyl (C=O) groups is 1. The molecule has 0 aliphatic carbocycles. The van der Waals surface area contributed by atoms with Crippen LogP contribution >= 0.6 is 0 Å². The first-order chi connectivity index (χ1) is 7.61. The van der Waals surface area contributed by atoms with Crippen molar-refractivity contribution < 1.29 is 14.3 Å². The molecule has 1 aromatic rings. The van der Waals surface area contributed by atoms with Crippen molar-refractivity contribution in [3.05, 3.63) is 6.07 Å². The van der Waals surface area contributed by atoms with E-state index < -0.39 is 0 Å². The van der Waals surface area contributed by atoms with Crippen molar-refractivity contribution in [2.45, 2.75) is 19.8 Å². The number of ether oxygens (including phenoxy) is 2. The lowest BCUT2D eigenvalue weighted by Gasteiger charge is -2.06. The lowest BCUT2D eigenvalue weighted by Crippen LogP contribution is -2.04. The molecule has 0 unspecified atom stereocenters. The number of aromatic nitrogens is 2. The van der Waals surface area contributed by atoms with Gasteiger partial charge in [0.1, 0.15) is 11.6 Å². The Morgan fingerprint density at radius 3 is 2.88 bits per heavy atom. The number of anilines is 1. The summed E-state index contributed by atoms with van der Waals surface area (Å²) in [6.07, 6.45) is 1.15. The number of hydrogen-bond acceptors (Lipinski definition) is 6. The molecule has 6 heteroatoms. The average Bonchev–Trinajstić information content (AvgIpc) is 2.23. The van der Waals surface area contributed by atoms with Crippen LogP contribution in [-0.4, -0.2) is 29.5 Å². The maximum atomic E-state index is 10.7. The summed E-state index contributed by atoms with van der Waals surface area (Å²) in [5.41, 5.74) is 5.52. The minimum atomic E-state index is 0.142. The Kier molecular flexibility index (Phi) is 4.50. The summed E-state index contributed by atoms with van der Waals surface area (Å²) in [6, 6.07) is 1.68. The van der Waals surface area contributed by atoms with Gasteiger partial charge in [0, 0.05) is 12.5 Å². The van der Waals surface area contributed by atoms with E-state index in [0.29, 0.717) is 25.3 Å². The minimum Gasteiger partial charge on any atom is -0.477 e. The Morgan fingerprint density at radius 1 is 1.50 bits per heavy atom. The molecule has 1 aromatic heterocycles. The zero-order valence-electron chi connectivity index (χ0n) is 9.40. The molecule has 0 atom stereocenters. The van der Waals surface area contributed by atoms with E-state index in [-0.39, 0.29) is 17.6 Å². The van der Waals surface area contributed by atoms with Crippen LogP contribution in [0.4, 0.5) is 5.82 Å². The third-order valence-electron chi connectivity index (χ3n) is 1.81. The topological polar surface area (TPSA) is 87.3 Å². The Bertz CT molecular complexity index is 368. The standard InChI is InChI=1S/C10H15N3O3/c1-7(14)4-3-5-16-9-6-8(11)12-10(13-9)15-2/h6H,3-5H2,1-2H3,(H2,11,12,13). The molecule has 0 aromatic carbocycles. The number of nitrogen functional groups attached to an aromatic ring is 1. The molecule has 0 bridgehead atoms. The van der Waals surface area contributed by atoms with Gasteiger partial charge < -0.3 is 20.0 Å². The monoisotopic (exact) mass is 225 g/mol. The van der Waals surface area contributed by atoms with Crippen LogP contribution in [0.1, 0.15) is 19.8 Å². The van der Waals surface area contributed by atoms with Crippen molar-refractivity contribution in [1.82, 2.24) is 9.97 Å². The maximum absolute atomic E-state index is 10.7. The molecule has 1 heterocycles. The summed E-state index contributed by atoms with van der Waals surface area (Å²) in [5.74, 6) is 0.782. The first-order valence-electron chi connectivity index (χ1n) is 4.92. The highest BCUT2D eigenvalue weighted by Gasteiger charge is 2.03. The number of hydrogen-bond donors (Lipinski definition) is 1. The zero-order chi connectivity index (χ0) is 12.0. The van der Waals surface area contributed by atoms with E-state index in [9.17, 15) is 4.79 Å². The molecular weight excluding hydrogens is 210 g/mol. The van der Waals surface area contributed by atoms with Crippen LogP contribution in [0, 0.1) is 0 Å². The molecule has 88 valence electrons. The fourth-order valence-electron chi connectivity index (χ4n) is 1.08. The van der Waals surface area contributed by atoms with E-state index >= 15 is 0 Å². The average molecular weight is 225 g/mol. The number of nitrogens with two attached hydrogens (primary N) is 1. The predicted octanol–water partition coefficient (Wildman–Crippen LogP) is 0.815. The van der Waals surface area contributed by atoms with Gasteiger partial charge in [-0.3, -0.25) is 0 Å². The molecule has 0 saturated carbocycles. The molecular formula is C10H15N3O3. The van der Waals surface area contributed by atoms with Crippen molar-refractivity contribution in [1.29, 1.82) is 0 Å². The third kappa shape index (κ3) is 4.12. The molecule has 0 spiro atoms. The Balaban J connectivity index is 2.47. The Morgan fingerprint density at radius 2 is 2.25 bits per heavy atom. The highest BCUT2D eigenvalue weighted by Crippen LogP contribution is 2.15. The van der Waals surface area contributed by atoms with Crippen LogP contribution in [0.15, 0.2) is 6.07 Å². The number of carbonyl (C=O) groups excluding carboxylic acids is 1. The lowest BCUT2D eigenvalue weighted by atomic mass is 10.2. The summed E-state index contributed by atoms with van der Waals surface area (Å²) in [7, 11) is 1.45. The number of ketones is 1. The van der Waals surface area contributed by atoms with Gasteiger partial charge in [-0.2, -0.15) is 9.97 Å².